The van der Waals surface area contributed by atoms with Crippen molar-refractivity contribution in [3.8, 4) is 0 Å². The number of methoxy groups -OCH3 is 1. The average Bonchev–Trinajstić information content (AvgIpc) is 2.54. The molecule has 1 heterocycles. The first-order valence-corrected chi connectivity index (χ1v) is 7.33. The van der Waals surface area contributed by atoms with Gasteiger partial charge in [-0.05, 0) is 30.5 Å². The molecular weight excluding hydrogens is 311 g/mol. The van der Waals surface area contributed by atoms with Gasteiger partial charge in [-0.25, -0.2) is 0 Å². The van der Waals surface area contributed by atoms with Crippen molar-refractivity contribution in [3.63, 3.8) is 0 Å². The quantitative estimate of drug-likeness (QED) is 0.801. The molecule has 23 heavy (non-hydrogen) atoms. The Hall–Kier alpha value is -2.05. The Balaban J connectivity index is 1.89. The fraction of sp³-hybridized carbons (Fsp3) is 0.500. The SMILES string of the molecule is COC(=O)C1CCN(C(=O)Cc2ccc(C(F)(F)F)cc2)CC1. The standard InChI is InChI=1S/C16H18F3NO3/c1-23-15(22)12-6-8-20(9-7-12)14(21)10-11-2-4-13(5-3-11)16(17,18)19/h2-5,12H,6-10H2,1H3. The fourth-order valence-corrected chi connectivity index (χ4v) is 2.63. The molecule has 0 N–H and O–H groups in total. The van der Waals surface area contributed by atoms with Crippen LogP contribution in [0.3, 0.4) is 0 Å². The van der Waals surface area contributed by atoms with Crippen molar-refractivity contribution in [2.75, 3.05) is 20.2 Å². The summed E-state index contributed by atoms with van der Waals surface area (Å²) >= 11 is 0. The van der Waals surface area contributed by atoms with E-state index in [0.29, 0.717) is 31.5 Å². The van der Waals surface area contributed by atoms with Gasteiger partial charge < -0.3 is 9.64 Å². The molecule has 0 unspecified atom stereocenters. The summed E-state index contributed by atoms with van der Waals surface area (Å²) in [5.74, 6) is -0.594. The van der Waals surface area contributed by atoms with E-state index in [-0.39, 0.29) is 24.2 Å². The number of alkyl halides is 3. The summed E-state index contributed by atoms with van der Waals surface area (Å²) in [4.78, 5) is 25.2. The predicted octanol–water partition coefficient (Wildman–Crippen LogP) is 2.66. The Morgan fingerprint density at radius 3 is 2.22 bits per heavy atom. The lowest BCUT2D eigenvalue weighted by atomic mass is 9.96. The summed E-state index contributed by atoms with van der Waals surface area (Å²) < 4.78 is 42.2. The van der Waals surface area contributed by atoms with Gasteiger partial charge in [0.05, 0.1) is 25.0 Å². The molecule has 0 aliphatic carbocycles. The van der Waals surface area contributed by atoms with Gasteiger partial charge >= 0.3 is 12.1 Å². The number of benzene rings is 1. The van der Waals surface area contributed by atoms with Crippen LogP contribution in [0.4, 0.5) is 13.2 Å². The van der Waals surface area contributed by atoms with Crippen LogP contribution in [-0.4, -0.2) is 37.0 Å². The first-order valence-electron chi connectivity index (χ1n) is 7.33. The highest BCUT2D eigenvalue weighted by Gasteiger charge is 2.30. The number of nitrogens with zero attached hydrogens (tertiary/aromatic N) is 1. The van der Waals surface area contributed by atoms with Crippen LogP contribution in [-0.2, 0) is 26.9 Å². The summed E-state index contributed by atoms with van der Waals surface area (Å²) in [6.07, 6.45) is -3.23. The summed E-state index contributed by atoms with van der Waals surface area (Å²) in [6, 6.07) is 4.60. The molecule has 0 atom stereocenters. The zero-order valence-electron chi connectivity index (χ0n) is 12.7. The fourth-order valence-electron chi connectivity index (χ4n) is 2.63. The van der Waals surface area contributed by atoms with Crippen LogP contribution in [0.1, 0.15) is 24.0 Å². The number of amides is 1. The molecular formula is C16H18F3NO3. The smallest absolute Gasteiger partial charge is 0.416 e. The number of hydrogen-bond donors (Lipinski definition) is 0. The second-order valence-corrected chi connectivity index (χ2v) is 5.55. The number of carbonyl (C=O) groups excluding carboxylic acids is 2. The molecule has 0 aromatic heterocycles. The highest BCUT2D eigenvalue weighted by molar-refractivity contribution is 5.79. The van der Waals surface area contributed by atoms with Crippen LogP contribution >= 0.6 is 0 Å². The molecule has 0 radical (unpaired) electrons. The predicted molar refractivity (Wildman–Crippen MR) is 76.5 cm³/mol. The summed E-state index contributed by atoms with van der Waals surface area (Å²) in [5, 5.41) is 0. The van der Waals surface area contributed by atoms with Crippen molar-refractivity contribution in [1.82, 2.24) is 4.90 Å². The van der Waals surface area contributed by atoms with Crippen LogP contribution in [0.2, 0.25) is 0 Å². The normalized spacial score (nSPS) is 16.3. The first kappa shape index (κ1) is 17.3. The highest BCUT2D eigenvalue weighted by atomic mass is 19.4. The number of carbonyl (C=O) groups is 2. The molecule has 0 spiro atoms. The Labute approximate surface area is 132 Å². The minimum atomic E-state index is -4.38. The van der Waals surface area contributed by atoms with Crippen LogP contribution in [0.15, 0.2) is 24.3 Å². The van der Waals surface area contributed by atoms with Crippen LogP contribution in [0.25, 0.3) is 0 Å². The maximum absolute atomic E-state index is 12.5. The highest BCUT2D eigenvalue weighted by Crippen LogP contribution is 2.29. The second kappa shape index (κ2) is 7.02. The van der Waals surface area contributed by atoms with Crippen molar-refractivity contribution in [2.45, 2.75) is 25.4 Å². The molecule has 0 bridgehead atoms. The van der Waals surface area contributed by atoms with Crippen LogP contribution in [0.5, 0.6) is 0 Å². The molecule has 7 heteroatoms. The number of halogens is 3. The van der Waals surface area contributed by atoms with Gasteiger partial charge in [-0.15, -0.1) is 0 Å². The zero-order chi connectivity index (χ0) is 17.0. The van der Waals surface area contributed by atoms with E-state index in [1.165, 1.54) is 19.2 Å². The molecule has 1 saturated heterocycles. The molecule has 1 aromatic carbocycles. The Bertz CT molecular complexity index is 561. The van der Waals surface area contributed by atoms with Gasteiger partial charge in [-0.3, -0.25) is 9.59 Å². The minimum Gasteiger partial charge on any atom is -0.469 e. The van der Waals surface area contributed by atoms with E-state index in [1.807, 2.05) is 0 Å². The number of esters is 1. The van der Waals surface area contributed by atoms with Crippen molar-refractivity contribution in [2.24, 2.45) is 5.92 Å². The van der Waals surface area contributed by atoms with E-state index in [4.69, 9.17) is 0 Å². The average molecular weight is 329 g/mol. The van der Waals surface area contributed by atoms with Gasteiger partial charge in [0.25, 0.3) is 0 Å². The number of ether oxygens (including phenoxy) is 1. The van der Waals surface area contributed by atoms with Crippen LogP contribution < -0.4 is 0 Å². The van der Waals surface area contributed by atoms with Gasteiger partial charge in [0, 0.05) is 13.1 Å². The van der Waals surface area contributed by atoms with Gasteiger partial charge in [0.1, 0.15) is 0 Å². The lowest BCUT2D eigenvalue weighted by Crippen LogP contribution is -2.41. The molecule has 4 nitrogen and oxygen atoms in total. The van der Waals surface area contributed by atoms with Gasteiger partial charge in [-0.2, -0.15) is 13.2 Å². The van der Waals surface area contributed by atoms with E-state index < -0.39 is 11.7 Å². The summed E-state index contributed by atoms with van der Waals surface area (Å²) in [5.41, 5.74) is -0.189. The van der Waals surface area contributed by atoms with E-state index in [0.717, 1.165) is 12.1 Å². The maximum atomic E-state index is 12.5. The van der Waals surface area contributed by atoms with Gasteiger partial charge in [-0.1, -0.05) is 12.1 Å². The largest absolute Gasteiger partial charge is 0.469 e. The minimum absolute atomic E-state index is 0.0566. The van der Waals surface area contributed by atoms with Crippen molar-refractivity contribution in [3.05, 3.63) is 35.4 Å². The van der Waals surface area contributed by atoms with Crippen molar-refractivity contribution < 1.29 is 27.5 Å². The second-order valence-electron chi connectivity index (χ2n) is 5.55. The Morgan fingerprint density at radius 2 is 1.74 bits per heavy atom. The maximum Gasteiger partial charge on any atom is 0.416 e. The Kier molecular flexibility index (Phi) is 5.28. The first-order chi connectivity index (χ1) is 10.8. The van der Waals surface area contributed by atoms with Gasteiger partial charge in [0.15, 0.2) is 0 Å². The van der Waals surface area contributed by atoms with E-state index in [9.17, 15) is 22.8 Å². The lowest BCUT2D eigenvalue weighted by Gasteiger charge is -2.30. The molecule has 1 aliphatic heterocycles. The van der Waals surface area contributed by atoms with E-state index in [2.05, 4.69) is 4.74 Å². The zero-order valence-corrected chi connectivity index (χ0v) is 12.7. The summed E-state index contributed by atoms with van der Waals surface area (Å²) in [6.45, 7) is 0.915. The lowest BCUT2D eigenvalue weighted by molar-refractivity contribution is -0.148. The van der Waals surface area contributed by atoms with Gasteiger partial charge in [0.2, 0.25) is 5.91 Å². The van der Waals surface area contributed by atoms with E-state index in [1.54, 1.807) is 4.90 Å². The van der Waals surface area contributed by atoms with E-state index >= 15 is 0 Å². The number of likely N-dealkylation sites (tertiary alicyclic amines) is 1. The third kappa shape index (κ3) is 4.46. The molecule has 1 aliphatic rings. The molecule has 1 aromatic rings. The topological polar surface area (TPSA) is 46.6 Å². The number of hydrogen-bond acceptors (Lipinski definition) is 3. The molecule has 1 fully saturated rings. The Morgan fingerprint density at radius 1 is 1.17 bits per heavy atom. The number of rotatable bonds is 3. The summed E-state index contributed by atoms with van der Waals surface area (Å²) in [7, 11) is 1.34. The molecule has 126 valence electrons. The molecule has 0 saturated carbocycles. The molecule has 2 rings (SSSR count). The number of piperidine rings is 1. The van der Waals surface area contributed by atoms with Crippen LogP contribution in [0, 0.1) is 5.92 Å². The third-order valence-corrected chi connectivity index (χ3v) is 4.02. The van der Waals surface area contributed by atoms with Crippen molar-refractivity contribution >= 4 is 11.9 Å². The monoisotopic (exact) mass is 329 g/mol. The molecule has 1 amide bonds. The third-order valence-electron chi connectivity index (χ3n) is 4.02. The van der Waals surface area contributed by atoms with Crippen molar-refractivity contribution in [1.29, 1.82) is 0 Å².